The maximum atomic E-state index is 12.4. The van der Waals surface area contributed by atoms with Crippen LogP contribution in [0.5, 0.6) is 0 Å². The zero-order valence-corrected chi connectivity index (χ0v) is 13.6. The van der Waals surface area contributed by atoms with Crippen molar-refractivity contribution in [3.05, 3.63) is 33.5 Å². The Morgan fingerprint density at radius 2 is 1.78 bits per heavy atom. The Labute approximate surface area is 137 Å². The highest BCUT2D eigenvalue weighted by atomic mass is 32.1. The molecule has 4 unspecified atom stereocenters. The number of aliphatic carboxylic acids is 1. The molecule has 4 atom stereocenters. The van der Waals surface area contributed by atoms with Gasteiger partial charge in [-0.25, -0.2) is 0 Å². The lowest BCUT2D eigenvalue weighted by molar-refractivity contribution is -0.148. The standard InChI is InChI=1S/C16H18N2O4S/c1-7-8(2)23-6-11(7)14(19)17-18-15(20)12-9-3-4-10(5-9)13(12)16(21)22/h3-4,6,9-10,12-13H,5H2,1-2H3,(H,17,19)(H,18,20)(H,21,22). The summed E-state index contributed by atoms with van der Waals surface area (Å²) < 4.78 is 0. The van der Waals surface area contributed by atoms with Gasteiger partial charge < -0.3 is 5.11 Å². The van der Waals surface area contributed by atoms with Crippen LogP contribution in [0.4, 0.5) is 0 Å². The quantitative estimate of drug-likeness (QED) is 0.578. The first kappa shape index (κ1) is 15.7. The Morgan fingerprint density at radius 1 is 1.13 bits per heavy atom. The van der Waals surface area contributed by atoms with Gasteiger partial charge in [-0.15, -0.1) is 11.3 Å². The summed E-state index contributed by atoms with van der Waals surface area (Å²) in [5.41, 5.74) is 6.20. The number of carboxylic acid groups (broad SMARTS) is 1. The Morgan fingerprint density at radius 3 is 2.35 bits per heavy atom. The molecule has 2 aliphatic carbocycles. The highest BCUT2D eigenvalue weighted by Gasteiger charge is 2.51. The molecular weight excluding hydrogens is 316 g/mol. The number of nitrogens with one attached hydrogen (secondary N) is 2. The fourth-order valence-electron chi connectivity index (χ4n) is 3.52. The van der Waals surface area contributed by atoms with Crippen molar-refractivity contribution in [2.45, 2.75) is 20.3 Å². The van der Waals surface area contributed by atoms with Crippen molar-refractivity contribution in [3.8, 4) is 0 Å². The largest absolute Gasteiger partial charge is 0.481 e. The van der Waals surface area contributed by atoms with Crippen molar-refractivity contribution >= 4 is 29.1 Å². The molecule has 3 rings (SSSR count). The van der Waals surface area contributed by atoms with Gasteiger partial charge in [0.1, 0.15) is 0 Å². The lowest BCUT2D eigenvalue weighted by Crippen LogP contribution is -2.48. The highest BCUT2D eigenvalue weighted by molar-refractivity contribution is 7.10. The van der Waals surface area contributed by atoms with Crippen LogP contribution in [0.1, 0.15) is 27.2 Å². The van der Waals surface area contributed by atoms with E-state index in [2.05, 4.69) is 10.9 Å². The maximum absolute atomic E-state index is 12.4. The Hall–Kier alpha value is -2.15. The average Bonchev–Trinajstić information content (AvgIpc) is 3.20. The third kappa shape index (κ3) is 2.65. The Kier molecular flexibility index (Phi) is 3.97. The Balaban J connectivity index is 1.66. The summed E-state index contributed by atoms with van der Waals surface area (Å²) in [5, 5.41) is 11.1. The van der Waals surface area contributed by atoms with Crippen molar-refractivity contribution in [2.75, 3.05) is 0 Å². The second kappa shape index (κ2) is 5.81. The first-order chi connectivity index (χ1) is 10.9. The summed E-state index contributed by atoms with van der Waals surface area (Å²) in [6.45, 7) is 3.78. The van der Waals surface area contributed by atoms with Crippen LogP contribution < -0.4 is 10.9 Å². The van der Waals surface area contributed by atoms with Crippen molar-refractivity contribution in [1.82, 2.24) is 10.9 Å². The van der Waals surface area contributed by atoms with E-state index < -0.39 is 23.7 Å². The van der Waals surface area contributed by atoms with E-state index in [0.29, 0.717) is 12.0 Å². The summed E-state index contributed by atoms with van der Waals surface area (Å²) in [7, 11) is 0. The fraction of sp³-hybridized carbons (Fsp3) is 0.438. The average molecular weight is 334 g/mol. The number of aryl methyl sites for hydroxylation is 1. The van der Waals surface area contributed by atoms with E-state index in [0.717, 1.165) is 10.4 Å². The number of carboxylic acids is 1. The van der Waals surface area contributed by atoms with Gasteiger partial charge in [-0.05, 0) is 37.7 Å². The summed E-state index contributed by atoms with van der Waals surface area (Å²) >= 11 is 1.47. The minimum absolute atomic E-state index is 0.0665. The van der Waals surface area contributed by atoms with E-state index in [1.807, 2.05) is 26.0 Å². The molecule has 1 aromatic heterocycles. The van der Waals surface area contributed by atoms with Gasteiger partial charge in [-0.1, -0.05) is 12.2 Å². The van der Waals surface area contributed by atoms with Gasteiger partial charge in [0.2, 0.25) is 5.91 Å². The molecule has 23 heavy (non-hydrogen) atoms. The number of hydrogen-bond donors (Lipinski definition) is 3. The Bertz CT molecular complexity index is 709. The van der Waals surface area contributed by atoms with Crippen LogP contribution >= 0.6 is 11.3 Å². The number of thiophene rings is 1. The number of rotatable bonds is 3. The molecule has 2 bridgehead atoms. The van der Waals surface area contributed by atoms with Crippen LogP contribution in [-0.4, -0.2) is 22.9 Å². The minimum atomic E-state index is -0.961. The summed E-state index contributed by atoms with van der Waals surface area (Å²) in [6.07, 6.45) is 4.47. The molecule has 0 aliphatic heterocycles. The van der Waals surface area contributed by atoms with E-state index >= 15 is 0 Å². The molecule has 2 amide bonds. The summed E-state index contributed by atoms with van der Waals surface area (Å²) in [5.74, 6) is -3.29. The number of allylic oxidation sites excluding steroid dienone is 2. The van der Waals surface area contributed by atoms with Crippen molar-refractivity contribution in [2.24, 2.45) is 23.7 Å². The predicted octanol–water partition coefficient (Wildman–Crippen LogP) is 1.65. The van der Waals surface area contributed by atoms with Gasteiger partial charge in [0.25, 0.3) is 5.91 Å². The van der Waals surface area contributed by atoms with E-state index in [4.69, 9.17) is 0 Å². The zero-order valence-electron chi connectivity index (χ0n) is 12.8. The van der Waals surface area contributed by atoms with Crippen molar-refractivity contribution < 1.29 is 19.5 Å². The molecule has 6 nitrogen and oxygen atoms in total. The van der Waals surface area contributed by atoms with Crippen LogP contribution in [0.3, 0.4) is 0 Å². The number of hydrazine groups is 1. The molecule has 0 saturated heterocycles. The first-order valence-corrected chi connectivity index (χ1v) is 8.34. The van der Waals surface area contributed by atoms with E-state index in [-0.39, 0.29) is 17.7 Å². The number of fused-ring (bicyclic) bond motifs is 2. The second-order valence-corrected chi connectivity index (χ2v) is 7.20. The third-order valence-electron chi connectivity index (χ3n) is 4.88. The molecule has 1 heterocycles. The predicted molar refractivity (Wildman–Crippen MR) is 84.8 cm³/mol. The molecule has 0 spiro atoms. The molecule has 0 aromatic carbocycles. The number of amides is 2. The number of carbonyl (C=O) groups is 3. The van der Waals surface area contributed by atoms with Crippen LogP contribution in [0, 0.1) is 37.5 Å². The first-order valence-electron chi connectivity index (χ1n) is 7.46. The molecule has 1 saturated carbocycles. The maximum Gasteiger partial charge on any atom is 0.307 e. The molecular formula is C16H18N2O4S. The SMILES string of the molecule is Cc1scc(C(=O)NNC(=O)C2C3C=CC(C3)C2C(=O)O)c1C. The van der Waals surface area contributed by atoms with Crippen molar-refractivity contribution in [3.63, 3.8) is 0 Å². The zero-order chi connectivity index (χ0) is 16.7. The molecule has 2 aliphatic rings. The lowest BCUT2D eigenvalue weighted by Gasteiger charge is -2.23. The summed E-state index contributed by atoms with van der Waals surface area (Å²) in [4.78, 5) is 36.9. The minimum Gasteiger partial charge on any atom is -0.481 e. The van der Waals surface area contributed by atoms with Gasteiger partial charge in [0.05, 0.1) is 17.4 Å². The van der Waals surface area contributed by atoms with E-state index in [1.165, 1.54) is 11.3 Å². The highest BCUT2D eigenvalue weighted by Crippen LogP contribution is 2.48. The van der Waals surface area contributed by atoms with Crippen LogP contribution in [-0.2, 0) is 9.59 Å². The van der Waals surface area contributed by atoms with Gasteiger partial charge >= 0.3 is 5.97 Å². The smallest absolute Gasteiger partial charge is 0.307 e. The molecule has 7 heteroatoms. The van der Waals surface area contributed by atoms with Crippen LogP contribution in [0.15, 0.2) is 17.5 Å². The van der Waals surface area contributed by atoms with Gasteiger partial charge in [0, 0.05) is 10.3 Å². The number of hydrogen-bond acceptors (Lipinski definition) is 4. The lowest BCUT2D eigenvalue weighted by atomic mass is 9.82. The fourth-order valence-corrected chi connectivity index (χ4v) is 4.39. The van der Waals surface area contributed by atoms with E-state index in [9.17, 15) is 19.5 Å². The van der Waals surface area contributed by atoms with Crippen LogP contribution in [0.25, 0.3) is 0 Å². The van der Waals surface area contributed by atoms with Crippen molar-refractivity contribution in [1.29, 1.82) is 0 Å². The van der Waals surface area contributed by atoms with Gasteiger partial charge in [-0.2, -0.15) is 0 Å². The van der Waals surface area contributed by atoms with Gasteiger partial charge in [0.15, 0.2) is 0 Å². The number of carbonyl (C=O) groups excluding carboxylic acids is 2. The van der Waals surface area contributed by atoms with Gasteiger partial charge in [-0.3, -0.25) is 25.2 Å². The topological polar surface area (TPSA) is 95.5 Å². The molecule has 1 aromatic rings. The van der Waals surface area contributed by atoms with Crippen LogP contribution in [0.2, 0.25) is 0 Å². The second-order valence-electron chi connectivity index (χ2n) is 6.11. The molecule has 122 valence electrons. The van der Waals surface area contributed by atoms with E-state index in [1.54, 1.807) is 5.38 Å². The normalized spacial score (nSPS) is 27.9. The summed E-state index contributed by atoms with van der Waals surface area (Å²) in [6, 6.07) is 0. The third-order valence-corrected chi connectivity index (χ3v) is 5.89. The molecule has 3 N–H and O–H groups in total. The molecule has 1 fully saturated rings. The molecule has 0 radical (unpaired) electrons. The monoisotopic (exact) mass is 334 g/mol.